The van der Waals surface area contributed by atoms with Gasteiger partial charge in [0.15, 0.2) is 0 Å². The Bertz CT molecular complexity index is 378. The zero-order valence-corrected chi connectivity index (χ0v) is 11.1. The normalized spacial score (nSPS) is 33.4. The number of fused-ring (bicyclic) bond motifs is 2. The summed E-state index contributed by atoms with van der Waals surface area (Å²) in [6, 6.07) is 1.02. The molecule has 0 aromatic carbocycles. The van der Waals surface area contributed by atoms with Crippen molar-refractivity contribution in [2.45, 2.75) is 50.6 Å². The lowest BCUT2D eigenvalue weighted by Gasteiger charge is -2.26. The van der Waals surface area contributed by atoms with E-state index in [-0.39, 0.29) is 0 Å². The van der Waals surface area contributed by atoms with Crippen LogP contribution in [0.4, 0.5) is 0 Å². The predicted octanol–water partition coefficient (Wildman–Crippen LogP) is 0.943. The Hall–Kier alpha value is -0.130. The van der Waals surface area contributed by atoms with E-state index in [0.717, 1.165) is 32.4 Å². The molecule has 1 N–H and O–H groups in total. The van der Waals surface area contributed by atoms with E-state index in [1.165, 1.54) is 19.3 Å². The summed E-state index contributed by atoms with van der Waals surface area (Å²) in [5.41, 5.74) is 0. The van der Waals surface area contributed by atoms with Gasteiger partial charge in [-0.05, 0) is 51.0 Å². The van der Waals surface area contributed by atoms with Gasteiger partial charge in [0.1, 0.15) is 0 Å². The standard InChI is InChI=1S/C12H22N2O2S/c15-17(16,7-1-6-13-11-3-4-11)14-9-10-2-5-12(14)8-10/h10-13H,1-9H2. The first-order valence-electron chi connectivity index (χ1n) is 6.88. The summed E-state index contributed by atoms with van der Waals surface area (Å²) >= 11 is 0. The number of hydrogen-bond acceptors (Lipinski definition) is 3. The van der Waals surface area contributed by atoms with E-state index in [2.05, 4.69) is 5.32 Å². The van der Waals surface area contributed by atoms with E-state index in [9.17, 15) is 8.42 Å². The lowest BCUT2D eigenvalue weighted by molar-refractivity contribution is 0.333. The quantitative estimate of drug-likeness (QED) is 0.721. The first kappa shape index (κ1) is 11.9. The molecule has 3 rings (SSSR count). The van der Waals surface area contributed by atoms with Crippen LogP contribution in [0.3, 0.4) is 0 Å². The molecule has 4 nitrogen and oxygen atoms in total. The summed E-state index contributed by atoms with van der Waals surface area (Å²) in [5.74, 6) is 0.981. The molecule has 2 saturated carbocycles. The topological polar surface area (TPSA) is 49.4 Å². The average molecular weight is 258 g/mol. The molecule has 98 valence electrons. The number of hydrogen-bond donors (Lipinski definition) is 1. The molecule has 0 aromatic heterocycles. The molecular formula is C12H22N2O2S. The van der Waals surface area contributed by atoms with Gasteiger partial charge in [-0.2, -0.15) is 4.31 Å². The van der Waals surface area contributed by atoms with Gasteiger partial charge < -0.3 is 5.32 Å². The van der Waals surface area contributed by atoms with Crippen molar-refractivity contribution in [1.82, 2.24) is 9.62 Å². The molecule has 1 saturated heterocycles. The molecule has 0 amide bonds. The minimum absolute atomic E-state index is 0.329. The van der Waals surface area contributed by atoms with Crippen LogP contribution in [0.25, 0.3) is 0 Å². The molecular weight excluding hydrogens is 236 g/mol. The van der Waals surface area contributed by atoms with Crippen molar-refractivity contribution in [3.8, 4) is 0 Å². The largest absolute Gasteiger partial charge is 0.314 e. The minimum atomic E-state index is -2.98. The maximum Gasteiger partial charge on any atom is 0.214 e. The van der Waals surface area contributed by atoms with Gasteiger partial charge in [0.05, 0.1) is 5.75 Å². The molecule has 1 aliphatic heterocycles. The molecule has 3 aliphatic rings. The zero-order valence-electron chi connectivity index (χ0n) is 10.3. The van der Waals surface area contributed by atoms with Crippen LogP contribution in [0.15, 0.2) is 0 Å². The van der Waals surface area contributed by atoms with Gasteiger partial charge in [-0.25, -0.2) is 8.42 Å². The van der Waals surface area contributed by atoms with Crippen molar-refractivity contribution in [3.05, 3.63) is 0 Å². The van der Waals surface area contributed by atoms with Crippen LogP contribution in [0, 0.1) is 5.92 Å². The van der Waals surface area contributed by atoms with Crippen LogP contribution in [-0.4, -0.2) is 43.6 Å². The number of rotatable bonds is 6. The maximum absolute atomic E-state index is 12.2. The van der Waals surface area contributed by atoms with Crippen LogP contribution in [0.5, 0.6) is 0 Å². The second-order valence-corrected chi connectivity index (χ2v) is 7.84. The number of sulfonamides is 1. The fourth-order valence-corrected chi connectivity index (χ4v) is 5.01. The van der Waals surface area contributed by atoms with E-state index < -0.39 is 10.0 Å². The molecule has 1 heterocycles. The Balaban J connectivity index is 1.47. The minimum Gasteiger partial charge on any atom is -0.314 e. The van der Waals surface area contributed by atoms with E-state index in [1.807, 2.05) is 0 Å². The summed E-state index contributed by atoms with van der Waals surface area (Å²) in [4.78, 5) is 0. The molecule has 0 aromatic rings. The first-order valence-corrected chi connectivity index (χ1v) is 8.49. The third-order valence-corrected chi connectivity index (χ3v) is 6.27. The molecule has 0 radical (unpaired) electrons. The first-order chi connectivity index (χ1) is 8.15. The van der Waals surface area contributed by atoms with Gasteiger partial charge >= 0.3 is 0 Å². The SMILES string of the molecule is O=S(=O)(CCCNC1CC1)N1CC2CCC1C2. The Kier molecular flexibility index (Phi) is 3.17. The van der Waals surface area contributed by atoms with Crippen LogP contribution in [0.2, 0.25) is 0 Å². The number of nitrogens with zero attached hydrogens (tertiary/aromatic N) is 1. The van der Waals surface area contributed by atoms with Crippen molar-refractivity contribution in [3.63, 3.8) is 0 Å². The fourth-order valence-electron chi connectivity index (χ4n) is 3.19. The second kappa shape index (κ2) is 4.52. The third kappa shape index (κ3) is 2.66. The predicted molar refractivity (Wildman–Crippen MR) is 67.3 cm³/mol. The van der Waals surface area contributed by atoms with E-state index in [0.29, 0.717) is 23.8 Å². The van der Waals surface area contributed by atoms with Crippen LogP contribution < -0.4 is 5.32 Å². The highest BCUT2D eigenvalue weighted by molar-refractivity contribution is 7.89. The van der Waals surface area contributed by atoms with Gasteiger partial charge in [-0.15, -0.1) is 0 Å². The second-order valence-electron chi connectivity index (χ2n) is 5.80. The van der Waals surface area contributed by atoms with Crippen molar-refractivity contribution >= 4 is 10.0 Å². The summed E-state index contributed by atoms with van der Waals surface area (Å²) in [7, 11) is -2.98. The highest BCUT2D eigenvalue weighted by atomic mass is 32.2. The summed E-state index contributed by atoms with van der Waals surface area (Å²) in [6.45, 7) is 1.65. The molecule has 17 heavy (non-hydrogen) atoms. The highest BCUT2D eigenvalue weighted by Crippen LogP contribution is 2.39. The highest BCUT2D eigenvalue weighted by Gasteiger charge is 2.43. The van der Waals surface area contributed by atoms with E-state index >= 15 is 0 Å². The van der Waals surface area contributed by atoms with Crippen molar-refractivity contribution < 1.29 is 8.42 Å². The Morgan fingerprint density at radius 3 is 2.59 bits per heavy atom. The molecule has 2 unspecified atom stereocenters. The Labute approximate surface area is 104 Å². The summed E-state index contributed by atoms with van der Waals surface area (Å²) < 4.78 is 26.2. The van der Waals surface area contributed by atoms with Gasteiger partial charge in [0.25, 0.3) is 0 Å². The molecule has 2 atom stereocenters. The lowest BCUT2D eigenvalue weighted by Crippen LogP contribution is -2.39. The van der Waals surface area contributed by atoms with Gasteiger partial charge in [0, 0.05) is 18.6 Å². The van der Waals surface area contributed by atoms with Gasteiger partial charge in [-0.3, -0.25) is 0 Å². The summed E-state index contributed by atoms with van der Waals surface area (Å²) in [5, 5.41) is 3.37. The monoisotopic (exact) mass is 258 g/mol. The Morgan fingerprint density at radius 1 is 1.18 bits per heavy atom. The molecule has 5 heteroatoms. The molecule has 2 bridgehead atoms. The van der Waals surface area contributed by atoms with Crippen molar-refractivity contribution in [2.24, 2.45) is 5.92 Å². The van der Waals surface area contributed by atoms with Gasteiger partial charge in [0.2, 0.25) is 10.0 Å². The molecule has 0 spiro atoms. The van der Waals surface area contributed by atoms with Crippen LogP contribution in [-0.2, 0) is 10.0 Å². The average Bonchev–Trinajstić information content (AvgIpc) is 2.87. The lowest BCUT2D eigenvalue weighted by atomic mass is 10.1. The van der Waals surface area contributed by atoms with E-state index in [4.69, 9.17) is 0 Å². The number of piperidine rings is 1. The van der Waals surface area contributed by atoms with Crippen LogP contribution >= 0.6 is 0 Å². The smallest absolute Gasteiger partial charge is 0.214 e. The zero-order chi connectivity index (χ0) is 11.9. The number of nitrogens with one attached hydrogen (secondary N) is 1. The third-order valence-electron chi connectivity index (χ3n) is 4.31. The maximum atomic E-state index is 12.2. The van der Waals surface area contributed by atoms with Crippen molar-refractivity contribution in [2.75, 3.05) is 18.8 Å². The fraction of sp³-hybridized carbons (Fsp3) is 1.00. The summed E-state index contributed by atoms with van der Waals surface area (Å²) in [6.07, 6.45) is 6.72. The molecule has 3 fully saturated rings. The van der Waals surface area contributed by atoms with Crippen LogP contribution in [0.1, 0.15) is 38.5 Å². The Morgan fingerprint density at radius 2 is 2.00 bits per heavy atom. The van der Waals surface area contributed by atoms with Crippen molar-refractivity contribution in [1.29, 1.82) is 0 Å². The molecule has 2 aliphatic carbocycles. The van der Waals surface area contributed by atoms with Gasteiger partial charge in [-0.1, -0.05) is 0 Å². The van der Waals surface area contributed by atoms with E-state index in [1.54, 1.807) is 4.31 Å².